The minimum atomic E-state index is -2.29. The fourth-order valence-corrected chi connectivity index (χ4v) is 4.79. The number of fused-ring (bicyclic) bond motifs is 2. The summed E-state index contributed by atoms with van der Waals surface area (Å²) >= 11 is 0. The maximum Gasteiger partial charge on any atom is 0.275 e. The Morgan fingerprint density at radius 3 is 2.23 bits per heavy atom. The van der Waals surface area contributed by atoms with E-state index in [0.29, 0.717) is 5.56 Å². The predicted molar refractivity (Wildman–Crippen MR) is 105 cm³/mol. The van der Waals surface area contributed by atoms with Gasteiger partial charge < -0.3 is 9.47 Å². The number of nitro groups is 1. The maximum atomic E-state index is 11.7. The number of ether oxygens (including phenoxy) is 2. The van der Waals surface area contributed by atoms with Crippen molar-refractivity contribution in [2.24, 2.45) is 10.8 Å². The largest absolute Gasteiger partial charge is 0.447 e. The second kappa shape index (κ2) is 6.63. The van der Waals surface area contributed by atoms with Crippen molar-refractivity contribution in [2.75, 3.05) is 0 Å². The Bertz CT molecular complexity index is 1210. The molecule has 2 bridgehead atoms. The van der Waals surface area contributed by atoms with Gasteiger partial charge in [0, 0.05) is 13.0 Å². The lowest BCUT2D eigenvalue weighted by Gasteiger charge is -2.48. The van der Waals surface area contributed by atoms with Crippen molar-refractivity contribution >= 4 is 11.6 Å². The number of benzene rings is 2. The highest BCUT2D eigenvalue weighted by Crippen LogP contribution is 2.69. The highest BCUT2D eigenvalue weighted by atomic mass is 16.7. The Morgan fingerprint density at radius 2 is 1.65 bits per heavy atom. The van der Waals surface area contributed by atoms with Crippen LogP contribution in [0, 0.1) is 60.3 Å². The summed E-state index contributed by atoms with van der Waals surface area (Å²) in [5.41, 5.74) is -4.19. The number of nitro benzene ring substituents is 1. The molecule has 4 unspecified atom stereocenters. The molecule has 2 aliphatic heterocycles. The summed E-state index contributed by atoms with van der Waals surface area (Å²) in [6, 6.07) is 20.0. The fourth-order valence-electron chi connectivity index (χ4n) is 4.79. The molecule has 0 saturated carbocycles. The first-order chi connectivity index (χ1) is 14.8. The third-order valence-corrected chi connectivity index (χ3v) is 6.07. The van der Waals surface area contributed by atoms with Crippen LogP contribution in [0.2, 0.25) is 0 Å². The SMILES string of the molecule is CC12OC(=N)C(C#N)(C1c1ccccc1)C(C#N)(C#N)C(c1ccccc1[N+](=O)[O-])O2. The maximum absolute atomic E-state index is 11.7. The summed E-state index contributed by atoms with van der Waals surface area (Å²) in [5, 5.41) is 51.1. The van der Waals surface area contributed by atoms with Crippen LogP contribution in [0.3, 0.4) is 0 Å². The van der Waals surface area contributed by atoms with Crippen LogP contribution in [0.15, 0.2) is 54.6 Å². The lowest BCUT2D eigenvalue weighted by Crippen LogP contribution is -2.57. The normalized spacial score (nSPS) is 30.3. The minimum absolute atomic E-state index is 0.0359. The van der Waals surface area contributed by atoms with Crippen molar-refractivity contribution in [3.05, 3.63) is 75.8 Å². The van der Waals surface area contributed by atoms with Crippen LogP contribution in [-0.4, -0.2) is 16.6 Å². The first kappa shape index (κ1) is 20.0. The molecule has 31 heavy (non-hydrogen) atoms. The van der Waals surface area contributed by atoms with E-state index < -0.39 is 39.5 Å². The van der Waals surface area contributed by atoms with Crippen LogP contribution in [0.1, 0.15) is 30.1 Å². The van der Waals surface area contributed by atoms with Crippen LogP contribution in [0.5, 0.6) is 0 Å². The summed E-state index contributed by atoms with van der Waals surface area (Å²) in [4.78, 5) is 11.0. The molecule has 2 aromatic rings. The third-order valence-electron chi connectivity index (χ3n) is 6.07. The van der Waals surface area contributed by atoms with Crippen molar-refractivity contribution in [2.45, 2.75) is 24.7 Å². The predicted octanol–water partition coefficient (Wildman–Crippen LogP) is 3.72. The molecule has 2 heterocycles. The second-order valence-electron chi connectivity index (χ2n) is 7.56. The Kier molecular flexibility index (Phi) is 4.29. The van der Waals surface area contributed by atoms with E-state index in [1.54, 1.807) is 30.3 Å². The number of hydrogen-bond donors (Lipinski definition) is 1. The summed E-state index contributed by atoms with van der Waals surface area (Å²) in [6.45, 7) is 1.51. The van der Waals surface area contributed by atoms with Crippen molar-refractivity contribution in [3.8, 4) is 18.2 Å². The molecule has 9 heteroatoms. The highest BCUT2D eigenvalue weighted by Gasteiger charge is 2.80. The van der Waals surface area contributed by atoms with Gasteiger partial charge in [-0.1, -0.05) is 42.5 Å². The second-order valence-corrected chi connectivity index (χ2v) is 7.56. The zero-order valence-corrected chi connectivity index (χ0v) is 16.3. The van der Waals surface area contributed by atoms with Gasteiger partial charge in [-0.05, 0) is 11.6 Å². The molecule has 0 aliphatic carbocycles. The van der Waals surface area contributed by atoms with E-state index in [9.17, 15) is 25.9 Å². The van der Waals surface area contributed by atoms with E-state index in [0.717, 1.165) is 0 Å². The van der Waals surface area contributed by atoms with Gasteiger partial charge >= 0.3 is 0 Å². The van der Waals surface area contributed by atoms with Crippen LogP contribution in [0.25, 0.3) is 0 Å². The van der Waals surface area contributed by atoms with E-state index in [2.05, 4.69) is 0 Å². The number of rotatable bonds is 3. The Morgan fingerprint density at radius 1 is 1.03 bits per heavy atom. The monoisotopic (exact) mass is 413 g/mol. The van der Waals surface area contributed by atoms with E-state index in [1.807, 2.05) is 18.2 Å². The average Bonchev–Trinajstić information content (AvgIpc) is 2.97. The van der Waals surface area contributed by atoms with Crippen LogP contribution in [-0.2, 0) is 9.47 Å². The number of nitriles is 3. The lowest BCUT2D eigenvalue weighted by atomic mass is 9.52. The van der Waals surface area contributed by atoms with Gasteiger partial charge in [0.15, 0.2) is 5.41 Å². The highest BCUT2D eigenvalue weighted by molar-refractivity contribution is 5.90. The Labute approximate surface area is 177 Å². The van der Waals surface area contributed by atoms with E-state index >= 15 is 0 Å². The molecule has 2 aromatic carbocycles. The molecule has 0 aromatic heterocycles. The number of hydrogen-bond acceptors (Lipinski definition) is 8. The van der Waals surface area contributed by atoms with Crippen molar-refractivity contribution < 1.29 is 14.4 Å². The molecule has 9 nitrogen and oxygen atoms in total. The molecule has 2 saturated heterocycles. The molecular formula is C22H15N5O4. The average molecular weight is 413 g/mol. The summed E-state index contributed by atoms with van der Waals surface area (Å²) in [5.74, 6) is -3.17. The third kappa shape index (κ3) is 2.34. The molecule has 1 N–H and O–H groups in total. The first-order valence-electron chi connectivity index (χ1n) is 9.29. The fraction of sp³-hybridized carbons (Fsp3) is 0.273. The van der Waals surface area contributed by atoms with Gasteiger partial charge in [0.05, 0.1) is 34.6 Å². The van der Waals surface area contributed by atoms with Crippen LogP contribution < -0.4 is 0 Å². The molecule has 0 amide bonds. The number of nitrogens with one attached hydrogen (secondary N) is 1. The molecule has 152 valence electrons. The minimum Gasteiger partial charge on any atom is -0.447 e. The van der Waals surface area contributed by atoms with Gasteiger partial charge in [-0.25, -0.2) is 0 Å². The summed E-state index contributed by atoms with van der Waals surface area (Å²) in [6.07, 6.45) is -1.50. The molecule has 4 atom stereocenters. The lowest BCUT2D eigenvalue weighted by molar-refractivity contribution is -0.387. The number of nitrogens with zero attached hydrogens (tertiary/aromatic N) is 4. The molecule has 0 spiro atoms. The summed E-state index contributed by atoms with van der Waals surface area (Å²) in [7, 11) is 0. The zero-order valence-electron chi connectivity index (χ0n) is 16.3. The molecule has 4 rings (SSSR count). The zero-order chi connectivity index (χ0) is 22.4. The van der Waals surface area contributed by atoms with Crippen LogP contribution >= 0.6 is 0 Å². The van der Waals surface area contributed by atoms with E-state index in [-0.39, 0.29) is 11.3 Å². The molecule has 2 fully saturated rings. The molecular weight excluding hydrogens is 398 g/mol. The van der Waals surface area contributed by atoms with Gasteiger partial charge in [0.2, 0.25) is 17.1 Å². The molecule has 2 aliphatic rings. The first-order valence-corrected chi connectivity index (χ1v) is 9.29. The van der Waals surface area contributed by atoms with Crippen molar-refractivity contribution in [3.63, 3.8) is 0 Å². The van der Waals surface area contributed by atoms with Gasteiger partial charge in [-0.15, -0.1) is 0 Å². The topological polar surface area (TPSA) is 157 Å². The van der Waals surface area contributed by atoms with Gasteiger partial charge in [0.1, 0.15) is 6.10 Å². The van der Waals surface area contributed by atoms with Gasteiger partial charge in [0.25, 0.3) is 5.69 Å². The standard InChI is InChI=1S/C22H15N5O4/c1-20-17(14-7-3-2-4-8-14)22(13-25,19(26)31-20)21(11-23,12-24)18(30-20)15-9-5-6-10-16(15)27(28)29/h2-10,17-18,26H,1H3. The molecule has 0 radical (unpaired) electrons. The van der Waals surface area contributed by atoms with Gasteiger partial charge in [-0.3, -0.25) is 15.5 Å². The Hall–Kier alpha value is -4.26. The quantitative estimate of drug-likeness (QED) is 0.593. The van der Waals surface area contributed by atoms with E-state index in [1.165, 1.54) is 31.2 Å². The number of para-hydroxylation sites is 1. The summed E-state index contributed by atoms with van der Waals surface area (Å²) < 4.78 is 11.9. The smallest absolute Gasteiger partial charge is 0.275 e. The Balaban J connectivity index is 2.07. The van der Waals surface area contributed by atoms with Gasteiger partial charge in [-0.2, -0.15) is 15.8 Å². The van der Waals surface area contributed by atoms with Crippen LogP contribution in [0.4, 0.5) is 5.69 Å². The van der Waals surface area contributed by atoms with E-state index in [4.69, 9.17) is 14.9 Å². The van der Waals surface area contributed by atoms with Crippen molar-refractivity contribution in [1.82, 2.24) is 0 Å². The van der Waals surface area contributed by atoms with Crippen molar-refractivity contribution in [1.29, 1.82) is 21.2 Å².